The van der Waals surface area contributed by atoms with Crippen molar-refractivity contribution in [2.45, 2.75) is 26.3 Å². The fourth-order valence-corrected chi connectivity index (χ4v) is 5.34. The maximum absolute atomic E-state index is 13.0. The van der Waals surface area contributed by atoms with E-state index in [9.17, 15) is 9.59 Å². The zero-order valence-electron chi connectivity index (χ0n) is 24.4. The van der Waals surface area contributed by atoms with Crippen LogP contribution in [-0.4, -0.2) is 63.8 Å². The number of aromatic nitrogens is 4. The molecule has 5 aromatic rings. The first-order valence-corrected chi connectivity index (χ1v) is 14.2. The SMILES string of the molecule is CCCn1cc(-c2cnc3ccc(N(CCCN4C(=O)c5ccccc5C4=O)c4cc(OC)cc(OC)c4)cc3n2)cn1. The molecule has 0 saturated heterocycles. The first-order valence-electron chi connectivity index (χ1n) is 14.2. The van der Waals surface area contributed by atoms with Crippen LogP contribution in [0.2, 0.25) is 0 Å². The number of nitrogens with zero attached hydrogens (tertiary/aromatic N) is 6. The molecule has 1 aliphatic rings. The van der Waals surface area contributed by atoms with Crippen molar-refractivity contribution in [1.82, 2.24) is 24.6 Å². The number of methoxy groups -OCH3 is 2. The van der Waals surface area contributed by atoms with E-state index >= 15 is 0 Å². The van der Waals surface area contributed by atoms with Crippen molar-refractivity contribution in [3.8, 4) is 22.8 Å². The number of carbonyl (C=O) groups is 2. The van der Waals surface area contributed by atoms with Gasteiger partial charge in [0.05, 0.1) is 54.5 Å². The Morgan fingerprint density at radius 1 is 0.814 bits per heavy atom. The second-order valence-electron chi connectivity index (χ2n) is 10.3. The Kier molecular flexibility index (Phi) is 7.74. The van der Waals surface area contributed by atoms with Crippen LogP contribution in [-0.2, 0) is 6.54 Å². The minimum Gasteiger partial charge on any atom is -0.497 e. The largest absolute Gasteiger partial charge is 0.497 e. The number of hydrogen-bond acceptors (Lipinski definition) is 8. The number of ether oxygens (including phenoxy) is 2. The summed E-state index contributed by atoms with van der Waals surface area (Å²) in [5, 5.41) is 4.44. The predicted octanol–water partition coefficient (Wildman–Crippen LogP) is 5.74. The number of benzene rings is 3. The molecule has 0 N–H and O–H groups in total. The molecular weight excluding hydrogens is 544 g/mol. The summed E-state index contributed by atoms with van der Waals surface area (Å²) in [5.74, 6) is 0.773. The second kappa shape index (κ2) is 11.9. The van der Waals surface area contributed by atoms with Gasteiger partial charge in [-0.3, -0.25) is 24.2 Å². The standard InChI is InChI=1S/C33H32N6O4/c1-4-12-37-21-22(19-35-37)31-20-34-29-11-10-23(17-30(29)36-31)38(24-15-25(42-2)18-26(16-24)43-3)13-7-14-39-32(40)27-8-5-6-9-28(27)33(39)41/h5-6,8-11,15-21H,4,7,12-14H2,1-3H3. The molecule has 218 valence electrons. The summed E-state index contributed by atoms with van der Waals surface area (Å²) in [4.78, 5) is 38.9. The predicted molar refractivity (Wildman–Crippen MR) is 164 cm³/mol. The van der Waals surface area contributed by atoms with E-state index in [0.29, 0.717) is 35.6 Å². The Balaban J connectivity index is 1.32. The van der Waals surface area contributed by atoms with E-state index in [1.165, 1.54) is 4.90 Å². The molecule has 0 unspecified atom stereocenters. The van der Waals surface area contributed by atoms with Crippen molar-refractivity contribution in [2.24, 2.45) is 0 Å². The zero-order valence-corrected chi connectivity index (χ0v) is 24.4. The molecule has 3 aromatic carbocycles. The van der Waals surface area contributed by atoms with E-state index in [-0.39, 0.29) is 18.4 Å². The highest BCUT2D eigenvalue weighted by atomic mass is 16.5. The number of hydrogen-bond donors (Lipinski definition) is 0. The molecule has 10 nitrogen and oxygen atoms in total. The Labute approximate surface area is 249 Å². The zero-order chi connectivity index (χ0) is 29.9. The Hall–Kier alpha value is -5.25. The highest BCUT2D eigenvalue weighted by Crippen LogP contribution is 2.34. The number of anilines is 2. The van der Waals surface area contributed by atoms with Crippen molar-refractivity contribution in [2.75, 3.05) is 32.2 Å². The molecule has 0 spiro atoms. The van der Waals surface area contributed by atoms with Gasteiger partial charge < -0.3 is 14.4 Å². The summed E-state index contributed by atoms with van der Waals surface area (Å²) in [6, 6.07) is 18.5. The van der Waals surface area contributed by atoms with Gasteiger partial charge in [-0.15, -0.1) is 0 Å². The molecule has 43 heavy (non-hydrogen) atoms. The van der Waals surface area contributed by atoms with E-state index in [0.717, 1.165) is 46.6 Å². The van der Waals surface area contributed by atoms with Gasteiger partial charge in [-0.2, -0.15) is 5.10 Å². The molecular formula is C33H32N6O4. The average Bonchev–Trinajstić information content (AvgIpc) is 3.61. The molecule has 0 radical (unpaired) electrons. The molecule has 0 aliphatic carbocycles. The highest BCUT2D eigenvalue weighted by molar-refractivity contribution is 6.21. The minimum absolute atomic E-state index is 0.258. The topological polar surface area (TPSA) is 103 Å². The summed E-state index contributed by atoms with van der Waals surface area (Å²) in [7, 11) is 3.22. The van der Waals surface area contributed by atoms with Crippen LogP contribution in [0.3, 0.4) is 0 Å². The third kappa shape index (κ3) is 5.51. The van der Waals surface area contributed by atoms with Gasteiger partial charge in [0.2, 0.25) is 0 Å². The van der Waals surface area contributed by atoms with Crippen molar-refractivity contribution in [3.63, 3.8) is 0 Å². The van der Waals surface area contributed by atoms with Crippen LogP contribution in [0.1, 0.15) is 40.5 Å². The van der Waals surface area contributed by atoms with Gasteiger partial charge >= 0.3 is 0 Å². The molecule has 0 saturated carbocycles. The molecule has 6 rings (SSSR count). The Morgan fingerprint density at radius 3 is 2.21 bits per heavy atom. The van der Waals surface area contributed by atoms with E-state index in [1.54, 1.807) is 44.7 Å². The monoisotopic (exact) mass is 576 g/mol. The lowest BCUT2D eigenvalue weighted by Gasteiger charge is -2.27. The highest BCUT2D eigenvalue weighted by Gasteiger charge is 2.34. The lowest BCUT2D eigenvalue weighted by molar-refractivity contribution is 0.0653. The summed E-state index contributed by atoms with van der Waals surface area (Å²) >= 11 is 0. The van der Waals surface area contributed by atoms with Crippen LogP contribution in [0.4, 0.5) is 11.4 Å². The number of amides is 2. The molecule has 2 amide bonds. The van der Waals surface area contributed by atoms with Gasteiger partial charge in [-0.25, -0.2) is 4.98 Å². The van der Waals surface area contributed by atoms with E-state index < -0.39 is 0 Å². The average molecular weight is 577 g/mol. The van der Waals surface area contributed by atoms with Gasteiger partial charge in [0.15, 0.2) is 0 Å². The third-order valence-corrected chi connectivity index (χ3v) is 7.51. The van der Waals surface area contributed by atoms with E-state index in [1.807, 2.05) is 53.5 Å². The van der Waals surface area contributed by atoms with E-state index in [4.69, 9.17) is 14.5 Å². The number of imide groups is 1. The van der Waals surface area contributed by atoms with Gasteiger partial charge in [0.25, 0.3) is 11.8 Å². The van der Waals surface area contributed by atoms with Crippen molar-refractivity contribution >= 4 is 34.2 Å². The van der Waals surface area contributed by atoms with Crippen molar-refractivity contribution < 1.29 is 19.1 Å². The van der Waals surface area contributed by atoms with E-state index in [2.05, 4.69) is 21.9 Å². The van der Waals surface area contributed by atoms with Gasteiger partial charge in [-0.05, 0) is 43.2 Å². The molecule has 10 heteroatoms. The fraction of sp³-hybridized carbons (Fsp3) is 0.242. The number of carbonyl (C=O) groups excluding carboxylic acids is 2. The molecule has 0 bridgehead atoms. The normalized spacial score (nSPS) is 12.6. The van der Waals surface area contributed by atoms with Crippen LogP contribution in [0.25, 0.3) is 22.3 Å². The first-order chi connectivity index (χ1) is 21.0. The lowest BCUT2D eigenvalue weighted by Crippen LogP contribution is -2.32. The number of aryl methyl sites for hydroxylation is 1. The minimum atomic E-state index is -0.258. The van der Waals surface area contributed by atoms with Gasteiger partial charge in [0.1, 0.15) is 11.5 Å². The van der Waals surface area contributed by atoms with Gasteiger partial charge in [0, 0.05) is 61.0 Å². The third-order valence-electron chi connectivity index (χ3n) is 7.51. The summed E-state index contributed by atoms with van der Waals surface area (Å²) in [6.07, 6.45) is 7.08. The maximum atomic E-state index is 13.0. The second-order valence-corrected chi connectivity index (χ2v) is 10.3. The van der Waals surface area contributed by atoms with Crippen LogP contribution in [0.15, 0.2) is 79.3 Å². The van der Waals surface area contributed by atoms with Crippen LogP contribution < -0.4 is 14.4 Å². The summed E-state index contributed by atoms with van der Waals surface area (Å²) in [6.45, 7) is 3.74. The first kappa shape index (κ1) is 27.9. The van der Waals surface area contributed by atoms with Crippen LogP contribution in [0, 0.1) is 0 Å². The fourth-order valence-electron chi connectivity index (χ4n) is 5.34. The molecule has 0 atom stereocenters. The maximum Gasteiger partial charge on any atom is 0.261 e. The quantitative estimate of drug-likeness (QED) is 0.183. The lowest BCUT2D eigenvalue weighted by atomic mass is 10.1. The van der Waals surface area contributed by atoms with Crippen LogP contribution in [0.5, 0.6) is 11.5 Å². The van der Waals surface area contributed by atoms with Crippen molar-refractivity contribution in [1.29, 1.82) is 0 Å². The Bertz CT molecular complexity index is 1760. The number of fused-ring (bicyclic) bond motifs is 2. The summed E-state index contributed by atoms with van der Waals surface area (Å²) < 4.78 is 13.0. The molecule has 3 heterocycles. The van der Waals surface area contributed by atoms with Gasteiger partial charge in [-0.1, -0.05) is 19.1 Å². The molecule has 0 fully saturated rings. The molecule has 1 aliphatic heterocycles. The smallest absolute Gasteiger partial charge is 0.261 e. The summed E-state index contributed by atoms with van der Waals surface area (Å²) in [5.41, 5.74) is 5.76. The number of rotatable bonds is 11. The molecule has 2 aromatic heterocycles. The Morgan fingerprint density at radius 2 is 1.53 bits per heavy atom. The van der Waals surface area contributed by atoms with Crippen LogP contribution >= 0.6 is 0 Å². The van der Waals surface area contributed by atoms with Crippen molar-refractivity contribution in [3.05, 3.63) is 90.4 Å².